The fourth-order valence-electron chi connectivity index (χ4n) is 6.15. The van der Waals surface area contributed by atoms with E-state index in [4.69, 9.17) is 20.9 Å². The summed E-state index contributed by atoms with van der Waals surface area (Å²) in [5, 5.41) is 10.6. The van der Waals surface area contributed by atoms with Crippen molar-refractivity contribution in [2.24, 2.45) is 21.7 Å². The fourth-order valence-corrected chi connectivity index (χ4v) is 11.9. The van der Waals surface area contributed by atoms with Gasteiger partial charge in [0.2, 0.25) is 0 Å². The van der Waals surface area contributed by atoms with Crippen molar-refractivity contribution in [3.8, 4) is 11.5 Å². The van der Waals surface area contributed by atoms with E-state index in [1.807, 2.05) is 0 Å². The van der Waals surface area contributed by atoms with Crippen LogP contribution in [0.15, 0.2) is 95.4 Å². The van der Waals surface area contributed by atoms with Crippen LogP contribution < -0.4 is 42.3 Å². The second kappa shape index (κ2) is 12.2. The summed E-state index contributed by atoms with van der Waals surface area (Å²) in [6, 6.07) is 9.45. The number of hydrogen-bond acceptors (Lipinski definition) is 14. The van der Waals surface area contributed by atoms with Crippen molar-refractivity contribution in [2.45, 2.75) is 19.6 Å². The topological polar surface area (TPSA) is 267 Å². The fraction of sp³-hybridized carbons (Fsp3) is 0.0625. The zero-order chi connectivity index (χ0) is 37.7. The van der Waals surface area contributed by atoms with Crippen molar-refractivity contribution in [1.29, 1.82) is 0 Å². The molecule has 0 atom stereocenters. The van der Waals surface area contributed by atoms with Gasteiger partial charge in [0.1, 0.15) is 11.5 Å². The molecule has 0 aliphatic carbocycles. The van der Waals surface area contributed by atoms with Crippen LogP contribution in [0.3, 0.4) is 0 Å². The van der Waals surface area contributed by atoms with Gasteiger partial charge in [0.05, 0.1) is 86.9 Å². The largest absolute Gasteiger partial charge is 0.494 e. The number of carbonyl (C=O) groups is 4. The number of hydrogen-bond donors (Lipinski definition) is 6. The van der Waals surface area contributed by atoms with E-state index in [-0.39, 0.29) is 22.6 Å². The van der Waals surface area contributed by atoms with Crippen LogP contribution >= 0.6 is 47.0 Å². The quantitative estimate of drug-likeness (QED) is 0.135. The van der Waals surface area contributed by atoms with Crippen molar-refractivity contribution in [2.75, 3.05) is 24.2 Å². The van der Waals surface area contributed by atoms with Crippen LogP contribution in [-0.4, -0.2) is 69.2 Å². The number of thioether (sulfide) groups is 4. The molecule has 0 saturated heterocycles. The van der Waals surface area contributed by atoms with Crippen molar-refractivity contribution in [1.82, 2.24) is 19.9 Å². The average molecular weight is 801 g/mol. The number of primary amides is 2. The molecule has 3 aromatic carbocycles. The number of rotatable bonds is 6. The summed E-state index contributed by atoms with van der Waals surface area (Å²) in [4.78, 5) is 89.7. The van der Waals surface area contributed by atoms with E-state index in [2.05, 4.69) is 30.1 Å². The van der Waals surface area contributed by atoms with Crippen LogP contribution in [0.1, 0.15) is 0 Å². The number of nitrogens with two attached hydrogens (primary N) is 2. The minimum absolute atomic E-state index is 0.0235. The molecule has 54 heavy (non-hydrogen) atoms. The summed E-state index contributed by atoms with van der Waals surface area (Å²) >= 11 is 4.63. The number of nitrogens with zero attached hydrogens (tertiary/aromatic N) is 4. The van der Waals surface area contributed by atoms with Gasteiger partial charge in [-0.15, -0.1) is 0 Å². The lowest BCUT2D eigenvalue weighted by molar-refractivity contribution is -0.115. The Morgan fingerprint density at radius 1 is 0.593 bits per heavy atom. The lowest BCUT2D eigenvalue weighted by Gasteiger charge is -2.14. The van der Waals surface area contributed by atoms with Crippen molar-refractivity contribution in [3.05, 3.63) is 77.0 Å². The number of hydrazone groups is 2. The number of ether oxygens (including phenoxy) is 2. The molecule has 22 heteroatoms. The second-order valence-corrected chi connectivity index (χ2v) is 16.2. The maximum atomic E-state index is 14.0. The number of methoxy groups -OCH3 is 2. The number of carbonyl (C=O) groups excluding carboxylic acids is 4. The lowest BCUT2D eigenvalue weighted by Crippen LogP contribution is -2.26. The lowest BCUT2D eigenvalue weighted by atomic mass is 10.1. The van der Waals surface area contributed by atoms with Crippen LogP contribution in [-0.2, 0) is 19.2 Å². The molecule has 8 N–H and O–H groups in total. The zero-order valence-electron chi connectivity index (χ0n) is 27.3. The molecule has 0 bridgehead atoms. The van der Waals surface area contributed by atoms with Gasteiger partial charge in [-0.2, -0.15) is 20.2 Å². The number of H-pyrrole nitrogens is 4. The highest BCUT2D eigenvalue weighted by atomic mass is 32.2. The number of fused-ring (bicyclic) bond motifs is 4. The first-order valence-electron chi connectivity index (χ1n) is 15.4. The Hall–Kier alpha value is -6.10. The number of aromatic nitrogens is 4. The average Bonchev–Trinajstić information content (AvgIpc) is 3.98. The molecule has 4 aliphatic rings. The van der Waals surface area contributed by atoms with Gasteiger partial charge >= 0.3 is 11.4 Å². The normalized spacial score (nSPS) is 16.6. The van der Waals surface area contributed by atoms with E-state index in [9.17, 15) is 28.8 Å². The summed E-state index contributed by atoms with van der Waals surface area (Å²) in [5.41, 5.74) is 12.6. The van der Waals surface area contributed by atoms with E-state index >= 15 is 0 Å². The summed E-state index contributed by atoms with van der Waals surface area (Å²) in [6.45, 7) is 0. The first-order chi connectivity index (χ1) is 25.9. The summed E-state index contributed by atoms with van der Waals surface area (Å²) in [7, 11) is 2.94. The Balaban J connectivity index is 1.09. The van der Waals surface area contributed by atoms with Crippen LogP contribution in [0.4, 0.5) is 11.4 Å². The molecule has 270 valence electrons. The van der Waals surface area contributed by atoms with Gasteiger partial charge in [0.15, 0.2) is 11.4 Å². The molecule has 4 amide bonds. The third kappa shape index (κ3) is 5.01. The second-order valence-electron chi connectivity index (χ2n) is 11.6. The maximum absolute atomic E-state index is 14.0. The van der Waals surface area contributed by atoms with Crippen molar-refractivity contribution < 1.29 is 28.7 Å². The highest BCUT2D eigenvalue weighted by molar-refractivity contribution is 8.26. The monoisotopic (exact) mass is 800 g/mol. The maximum Gasteiger partial charge on any atom is 0.323 e. The standard InChI is InChI=1S/C32H20N10O8S4/c1-49-19-21-23(53-29(51-21)15-17(25(33)43)39-41(27(15)45)9-3-5-11-13(7-9)37-31(47)35-11)20(50-2)24-22(19)52-30(54-24)16-18(26(34)44)40-42(28(16)46)10-4-6-12-14(8-10)38-32(48)36-12/h3-8H,1-2H3,(H2,33,43)(H2,34,44)(H2,35,37,47)(H2,36,38,48). The number of amides is 4. The third-order valence-electron chi connectivity index (χ3n) is 8.47. The van der Waals surface area contributed by atoms with Crippen LogP contribution in [0.25, 0.3) is 22.1 Å². The third-order valence-corrected chi connectivity index (χ3v) is 13.7. The van der Waals surface area contributed by atoms with Gasteiger partial charge in [-0.05, 0) is 36.4 Å². The Kier molecular flexibility index (Phi) is 7.63. The molecule has 2 aromatic heterocycles. The molecular weight excluding hydrogens is 781 g/mol. The van der Waals surface area contributed by atoms with Crippen LogP contribution in [0.5, 0.6) is 11.5 Å². The summed E-state index contributed by atoms with van der Waals surface area (Å²) < 4.78 is 12.6. The minimum atomic E-state index is -0.922. The number of imidazole rings is 2. The van der Waals surface area contributed by atoms with Crippen molar-refractivity contribution in [3.63, 3.8) is 0 Å². The van der Waals surface area contributed by atoms with Crippen LogP contribution in [0, 0.1) is 0 Å². The first kappa shape index (κ1) is 33.7. The predicted octanol–water partition coefficient (Wildman–Crippen LogP) is 2.64. The van der Waals surface area contributed by atoms with Crippen molar-refractivity contribution >= 4 is 116 Å². The first-order valence-corrected chi connectivity index (χ1v) is 18.6. The smallest absolute Gasteiger partial charge is 0.323 e. The minimum Gasteiger partial charge on any atom is -0.494 e. The zero-order valence-corrected chi connectivity index (χ0v) is 30.6. The molecule has 18 nitrogen and oxygen atoms in total. The summed E-state index contributed by atoms with van der Waals surface area (Å²) in [6.07, 6.45) is 0. The Morgan fingerprint density at radius 2 is 0.944 bits per heavy atom. The van der Waals surface area contributed by atoms with Gasteiger partial charge in [-0.25, -0.2) is 9.59 Å². The van der Waals surface area contributed by atoms with Gasteiger partial charge in [0, 0.05) is 0 Å². The van der Waals surface area contributed by atoms with E-state index in [1.54, 1.807) is 36.4 Å². The van der Waals surface area contributed by atoms with E-state index < -0.39 is 35.0 Å². The Bertz CT molecular complexity index is 2650. The number of nitrogens with one attached hydrogen (secondary N) is 4. The van der Waals surface area contributed by atoms with Gasteiger partial charge in [0.25, 0.3) is 23.6 Å². The molecule has 4 aliphatic heterocycles. The Labute approximate surface area is 316 Å². The molecule has 9 rings (SSSR count). The van der Waals surface area contributed by atoms with E-state index in [1.165, 1.54) is 14.2 Å². The van der Waals surface area contributed by atoms with Gasteiger partial charge in [-0.1, -0.05) is 47.0 Å². The highest BCUT2D eigenvalue weighted by Gasteiger charge is 2.45. The molecule has 5 aromatic rings. The van der Waals surface area contributed by atoms with Gasteiger partial charge < -0.3 is 40.9 Å². The number of benzene rings is 3. The number of aromatic amines is 4. The predicted molar refractivity (Wildman–Crippen MR) is 203 cm³/mol. The molecular formula is C32H20N10O8S4. The molecule has 0 saturated carbocycles. The molecule has 6 heterocycles. The molecule has 0 fully saturated rings. The molecule has 0 spiro atoms. The highest BCUT2D eigenvalue weighted by Crippen LogP contribution is 2.68. The van der Waals surface area contributed by atoms with E-state index in [0.29, 0.717) is 73.0 Å². The SMILES string of the molecule is COc1c2c(c(OC)c3c1SC(=C1C(=O)N(c4ccc5[nH]c(=O)[nH]c5c4)N=C1C(N)=O)S3)SC(=C1C(=O)N(c3ccc4[nH]c(=O)[nH]c4c3)N=C1C(N)=O)S2. The Morgan fingerprint density at radius 3 is 1.28 bits per heavy atom. The summed E-state index contributed by atoms with van der Waals surface area (Å²) in [5.74, 6) is -2.29. The van der Waals surface area contributed by atoms with Crippen LogP contribution in [0.2, 0.25) is 0 Å². The molecule has 0 radical (unpaired) electrons. The number of anilines is 2. The van der Waals surface area contributed by atoms with Gasteiger partial charge in [-0.3, -0.25) is 19.2 Å². The van der Waals surface area contributed by atoms with E-state index in [0.717, 1.165) is 57.1 Å². The molecule has 0 unspecified atom stereocenters.